The third-order valence-electron chi connectivity index (χ3n) is 3.13. The molecule has 17 heavy (non-hydrogen) atoms. The van der Waals surface area contributed by atoms with E-state index in [0.717, 1.165) is 0 Å². The molecule has 94 valence electrons. The van der Waals surface area contributed by atoms with Crippen molar-refractivity contribution in [2.75, 3.05) is 0 Å². The maximum absolute atomic E-state index is 2.44. The van der Waals surface area contributed by atoms with Crippen molar-refractivity contribution in [1.82, 2.24) is 0 Å². The molecule has 0 aliphatic rings. The van der Waals surface area contributed by atoms with Crippen molar-refractivity contribution in [2.45, 2.75) is 59.3 Å². The van der Waals surface area contributed by atoms with Gasteiger partial charge in [0.05, 0.1) is 0 Å². The van der Waals surface area contributed by atoms with Crippen molar-refractivity contribution in [2.24, 2.45) is 0 Å². The van der Waals surface area contributed by atoms with Crippen LogP contribution in [-0.4, -0.2) is 0 Å². The van der Waals surface area contributed by atoms with Crippen LogP contribution in [0, 0.1) is 0 Å². The molecule has 0 nitrogen and oxygen atoms in total. The van der Waals surface area contributed by atoms with Crippen molar-refractivity contribution in [3.8, 4) is 0 Å². The van der Waals surface area contributed by atoms with Crippen LogP contribution < -0.4 is 0 Å². The van der Waals surface area contributed by atoms with Gasteiger partial charge in [-0.2, -0.15) is 0 Å². The summed E-state index contributed by atoms with van der Waals surface area (Å²) in [6, 6.07) is 8.88. The summed E-state index contributed by atoms with van der Waals surface area (Å²) in [7, 11) is 0. The second kappa shape index (κ2) is 7.32. The molecule has 0 aliphatic heterocycles. The Hall–Kier alpha value is -1.04. The fourth-order valence-corrected chi connectivity index (χ4v) is 2.23. The van der Waals surface area contributed by atoms with E-state index in [1.54, 1.807) is 5.57 Å². The number of hydrogen-bond acceptors (Lipinski definition) is 0. The van der Waals surface area contributed by atoms with E-state index in [9.17, 15) is 0 Å². The zero-order chi connectivity index (χ0) is 12.7. The van der Waals surface area contributed by atoms with Crippen LogP contribution in [0.5, 0.6) is 0 Å². The lowest BCUT2D eigenvalue weighted by Crippen LogP contribution is -1.96. The second-order valence-corrected chi connectivity index (χ2v) is 5.01. The predicted molar refractivity (Wildman–Crippen MR) is 78.3 cm³/mol. The van der Waals surface area contributed by atoms with Gasteiger partial charge in [-0.1, -0.05) is 70.9 Å². The number of rotatable bonds is 6. The third-order valence-corrected chi connectivity index (χ3v) is 3.13. The average Bonchev–Trinajstić information content (AvgIpc) is 2.34. The van der Waals surface area contributed by atoms with E-state index in [1.807, 2.05) is 0 Å². The molecule has 1 rings (SSSR count). The van der Waals surface area contributed by atoms with Gasteiger partial charge < -0.3 is 0 Å². The predicted octanol–water partition coefficient (Wildman–Crippen LogP) is 5.79. The Labute approximate surface area is 107 Å². The quantitative estimate of drug-likeness (QED) is 0.580. The molecule has 1 aromatic carbocycles. The van der Waals surface area contributed by atoms with Gasteiger partial charge in [0.15, 0.2) is 0 Å². The molecule has 0 atom stereocenters. The molecule has 0 fully saturated rings. The first-order valence-electron chi connectivity index (χ1n) is 6.99. The summed E-state index contributed by atoms with van der Waals surface area (Å²) in [5, 5.41) is 0. The SMILES string of the molecule is CCC/C=C(\CCC)c1ccccc1C(C)C. The van der Waals surface area contributed by atoms with E-state index in [4.69, 9.17) is 0 Å². The van der Waals surface area contributed by atoms with Crippen LogP contribution in [-0.2, 0) is 0 Å². The molecule has 0 aliphatic carbocycles. The summed E-state index contributed by atoms with van der Waals surface area (Å²) in [6.07, 6.45) is 7.29. The molecule has 0 bridgehead atoms. The highest BCUT2D eigenvalue weighted by Gasteiger charge is 2.09. The first kappa shape index (κ1) is 14.0. The van der Waals surface area contributed by atoms with Crippen LogP contribution in [0.2, 0.25) is 0 Å². The Bertz CT molecular complexity index is 358. The minimum Gasteiger partial charge on any atom is -0.0807 e. The highest BCUT2D eigenvalue weighted by Crippen LogP contribution is 2.28. The maximum Gasteiger partial charge on any atom is -0.0193 e. The van der Waals surface area contributed by atoms with Gasteiger partial charge in [0.25, 0.3) is 0 Å². The van der Waals surface area contributed by atoms with Gasteiger partial charge in [0.1, 0.15) is 0 Å². The van der Waals surface area contributed by atoms with Crippen LogP contribution in [0.1, 0.15) is 70.4 Å². The van der Waals surface area contributed by atoms with E-state index >= 15 is 0 Å². The monoisotopic (exact) mass is 230 g/mol. The molecule has 0 amide bonds. The van der Waals surface area contributed by atoms with Gasteiger partial charge in [0.2, 0.25) is 0 Å². The Kier molecular flexibility index (Phi) is 6.04. The third kappa shape index (κ3) is 4.03. The van der Waals surface area contributed by atoms with Crippen LogP contribution in [0.4, 0.5) is 0 Å². The van der Waals surface area contributed by atoms with Crippen LogP contribution in [0.3, 0.4) is 0 Å². The van der Waals surface area contributed by atoms with Gasteiger partial charge in [-0.15, -0.1) is 0 Å². The van der Waals surface area contributed by atoms with Gasteiger partial charge in [0, 0.05) is 0 Å². The van der Waals surface area contributed by atoms with E-state index in [0.29, 0.717) is 5.92 Å². The van der Waals surface area contributed by atoms with E-state index < -0.39 is 0 Å². The lowest BCUT2D eigenvalue weighted by molar-refractivity contribution is 0.856. The average molecular weight is 230 g/mol. The second-order valence-electron chi connectivity index (χ2n) is 5.01. The summed E-state index contributed by atoms with van der Waals surface area (Å²) in [5.41, 5.74) is 4.50. The topological polar surface area (TPSA) is 0 Å². The first-order valence-corrected chi connectivity index (χ1v) is 6.99. The Balaban J connectivity index is 3.08. The lowest BCUT2D eigenvalue weighted by atomic mass is 9.90. The van der Waals surface area contributed by atoms with Crippen LogP contribution in [0.15, 0.2) is 30.3 Å². The lowest BCUT2D eigenvalue weighted by Gasteiger charge is -2.15. The van der Waals surface area contributed by atoms with Crippen molar-refractivity contribution in [1.29, 1.82) is 0 Å². The molecule has 0 aromatic heterocycles. The Morgan fingerprint density at radius 1 is 1.12 bits per heavy atom. The largest absolute Gasteiger partial charge is 0.0807 e. The number of benzene rings is 1. The zero-order valence-electron chi connectivity index (χ0n) is 11.8. The minimum atomic E-state index is 0.605. The smallest absolute Gasteiger partial charge is 0.0193 e. The van der Waals surface area contributed by atoms with Gasteiger partial charge >= 0.3 is 0 Å². The van der Waals surface area contributed by atoms with Gasteiger partial charge in [-0.25, -0.2) is 0 Å². The minimum absolute atomic E-state index is 0.605. The number of allylic oxidation sites excluding steroid dienone is 2. The molecule has 0 N–H and O–H groups in total. The summed E-state index contributed by atoms with van der Waals surface area (Å²) in [6.45, 7) is 9.07. The molecule has 0 unspecified atom stereocenters. The van der Waals surface area contributed by atoms with Crippen molar-refractivity contribution >= 4 is 5.57 Å². The van der Waals surface area contributed by atoms with Crippen molar-refractivity contribution in [3.05, 3.63) is 41.5 Å². The van der Waals surface area contributed by atoms with E-state index in [1.165, 1.54) is 36.8 Å². The Morgan fingerprint density at radius 3 is 2.41 bits per heavy atom. The standard InChI is InChI=1S/C17H26/c1-5-7-11-15(10-6-2)17-13-9-8-12-16(17)14(3)4/h8-9,11-14H,5-7,10H2,1-4H3/b15-11+. The molecule has 0 saturated heterocycles. The fourth-order valence-electron chi connectivity index (χ4n) is 2.23. The summed E-state index contributed by atoms with van der Waals surface area (Å²) in [4.78, 5) is 0. The molecule has 0 heteroatoms. The van der Waals surface area contributed by atoms with Crippen LogP contribution >= 0.6 is 0 Å². The van der Waals surface area contributed by atoms with Crippen molar-refractivity contribution in [3.63, 3.8) is 0 Å². The fraction of sp³-hybridized carbons (Fsp3) is 0.529. The molecular weight excluding hydrogens is 204 g/mol. The van der Waals surface area contributed by atoms with Crippen molar-refractivity contribution < 1.29 is 0 Å². The molecule has 0 saturated carbocycles. The van der Waals surface area contributed by atoms with E-state index in [-0.39, 0.29) is 0 Å². The molecule has 0 spiro atoms. The zero-order valence-corrected chi connectivity index (χ0v) is 11.8. The molecule has 0 heterocycles. The summed E-state index contributed by atoms with van der Waals surface area (Å²) < 4.78 is 0. The number of hydrogen-bond donors (Lipinski definition) is 0. The van der Waals surface area contributed by atoms with Gasteiger partial charge in [-0.05, 0) is 35.5 Å². The summed E-state index contributed by atoms with van der Waals surface area (Å²) in [5.74, 6) is 0.605. The molecule has 0 radical (unpaired) electrons. The highest BCUT2D eigenvalue weighted by atomic mass is 14.1. The molecular formula is C17H26. The molecule has 1 aromatic rings. The first-order chi connectivity index (χ1) is 8.20. The van der Waals surface area contributed by atoms with E-state index in [2.05, 4.69) is 58.0 Å². The van der Waals surface area contributed by atoms with Crippen LogP contribution in [0.25, 0.3) is 5.57 Å². The highest BCUT2D eigenvalue weighted by molar-refractivity contribution is 5.68. The normalized spacial score (nSPS) is 12.2. The number of unbranched alkanes of at least 4 members (excludes halogenated alkanes) is 1. The Morgan fingerprint density at radius 2 is 1.82 bits per heavy atom. The van der Waals surface area contributed by atoms with Gasteiger partial charge in [-0.3, -0.25) is 0 Å². The maximum atomic E-state index is 2.44. The summed E-state index contributed by atoms with van der Waals surface area (Å²) >= 11 is 0.